The van der Waals surface area contributed by atoms with Crippen molar-refractivity contribution in [3.05, 3.63) is 56.7 Å². The Morgan fingerprint density at radius 3 is 2.40 bits per heavy atom. The van der Waals surface area contributed by atoms with E-state index in [0.717, 1.165) is 15.8 Å². The summed E-state index contributed by atoms with van der Waals surface area (Å²) in [7, 11) is 0. The molecule has 1 unspecified atom stereocenters. The maximum absolute atomic E-state index is 13.7. The largest absolute Gasteiger partial charge is 0.314 e. The van der Waals surface area contributed by atoms with Gasteiger partial charge in [-0.05, 0) is 43.7 Å². The molecule has 0 radical (unpaired) electrons. The van der Waals surface area contributed by atoms with Gasteiger partial charge in [-0.1, -0.05) is 24.6 Å². The molecule has 0 bridgehead atoms. The number of hydrogen-bond acceptors (Lipinski definition) is 2. The number of nitrogens with one attached hydrogen (secondary N) is 1. The average Bonchev–Trinajstić information content (AvgIpc) is 2.80. The number of benzene rings is 1. The molecule has 1 nitrogen and oxygen atoms in total. The van der Waals surface area contributed by atoms with Crippen molar-refractivity contribution in [2.24, 2.45) is 0 Å². The number of halogens is 3. The van der Waals surface area contributed by atoms with Crippen LogP contribution in [0.25, 0.3) is 0 Å². The third-order valence-electron chi connectivity index (χ3n) is 3.08. The van der Waals surface area contributed by atoms with Gasteiger partial charge in [0.2, 0.25) is 0 Å². The SMILES string of the molecule is CCNC(Cc1ccc(Cl)s1)Cc1c(F)cccc1F. The first-order valence-electron chi connectivity index (χ1n) is 6.50. The molecule has 1 aromatic carbocycles. The van der Waals surface area contributed by atoms with Gasteiger partial charge >= 0.3 is 0 Å². The molecule has 1 N–H and O–H groups in total. The van der Waals surface area contributed by atoms with Crippen LogP contribution in [0, 0.1) is 11.6 Å². The summed E-state index contributed by atoms with van der Waals surface area (Å²) in [5.74, 6) is -0.978. The lowest BCUT2D eigenvalue weighted by molar-refractivity contribution is 0.486. The van der Waals surface area contributed by atoms with Crippen molar-refractivity contribution in [1.82, 2.24) is 5.32 Å². The van der Waals surface area contributed by atoms with Gasteiger partial charge in [0.05, 0.1) is 4.34 Å². The van der Waals surface area contributed by atoms with E-state index in [-0.39, 0.29) is 11.6 Å². The van der Waals surface area contributed by atoms with E-state index in [4.69, 9.17) is 11.6 Å². The van der Waals surface area contributed by atoms with Gasteiger partial charge in [-0.2, -0.15) is 0 Å². The number of thiophene rings is 1. The number of rotatable bonds is 6. The Bertz CT molecular complexity index is 551. The highest BCUT2D eigenvalue weighted by Crippen LogP contribution is 2.24. The van der Waals surface area contributed by atoms with Crippen LogP contribution in [-0.4, -0.2) is 12.6 Å². The zero-order valence-corrected chi connectivity index (χ0v) is 12.7. The summed E-state index contributed by atoms with van der Waals surface area (Å²) in [5.41, 5.74) is 0.140. The van der Waals surface area contributed by atoms with Crippen molar-refractivity contribution in [3.8, 4) is 0 Å². The van der Waals surface area contributed by atoms with Gasteiger partial charge in [0.1, 0.15) is 11.6 Å². The van der Waals surface area contributed by atoms with Crippen LogP contribution in [-0.2, 0) is 12.8 Å². The normalized spacial score (nSPS) is 12.6. The average molecular weight is 316 g/mol. The number of likely N-dealkylation sites (N-methyl/N-ethyl adjacent to an activating group) is 1. The Balaban J connectivity index is 2.13. The molecule has 108 valence electrons. The van der Waals surface area contributed by atoms with Crippen LogP contribution in [0.2, 0.25) is 4.34 Å². The highest BCUT2D eigenvalue weighted by molar-refractivity contribution is 7.16. The predicted octanol–water partition coefficient (Wildman–Crippen LogP) is 4.44. The van der Waals surface area contributed by atoms with Crippen molar-refractivity contribution in [1.29, 1.82) is 0 Å². The van der Waals surface area contributed by atoms with Gasteiger partial charge in [-0.15, -0.1) is 11.3 Å². The molecule has 2 rings (SSSR count). The Kier molecular flexibility index (Phi) is 5.52. The standard InChI is InChI=1S/C15H16ClF2NS/c1-2-19-10(8-11-6-7-15(16)20-11)9-12-13(17)4-3-5-14(12)18/h3-7,10,19H,2,8-9H2,1H3. The first-order valence-corrected chi connectivity index (χ1v) is 7.70. The van der Waals surface area contributed by atoms with Crippen LogP contribution in [0.3, 0.4) is 0 Å². The molecule has 0 aliphatic rings. The summed E-state index contributed by atoms with van der Waals surface area (Å²) in [4.78, 5) is 1.11. The highest BCUT2D eigenvalue weighted by Gasteiger charge is 2.16. The van der Waals surface area contributed by atoms with E-state index >= 15 is 0 Å². The lowest BCUT2D eigenvalue weighted by Gasteiger charge is -2.18. The summed E-state index contributed by atoms with van der Waals surface area (Å²) >= 11 is 7.41. The van der Waals surface area contributed by atoms with Crippen LogP contribution < -0.4 is 5.32 Å². The molecular formula is C15H16ClF2NS. The molecule has 0 saturated heterocycles. The van der Waals surface area contributed by atoms with Gasteiger partial charge in [0, 0.05) is 16.5 Å². The van der Waals surface area contributed by atoms with Crippen LogP contribution in [0.5, 0.6) is 0 Å². The van der Waals surface area contributed by atoms with Crippen LogP contribution >= 0.6 is 22.9 Å². The highest BCUT2D eigenvalue weighted by atomic mass is 35.5. The van der Waals surface area contributed by atoms with Crippen LogP contribution in [0.4, 0.5) is 8.78 Å². The first-order chi connectivity index (χ1) is 9.60. The molecule has 0 aliphatic heterocycles. The van der Waals surface area contributed by atoms with Crippen molar-refractivity contribution in [2.75, 3.05) is 6.54 Å². The first kappa shape index (κ1) is 15.4. The molecule has 0 amide bonds. The van der Waals surface area contributed by atoms with E-state index in [1.165, 1.54) is 29.5 Å². The smallest absolute Gasteiger partial charge is 0.129 e. The molecule has 1 heterocycles. The van der Waals surface area contributed by atoms with Gasteiger partial charge in [-0.25, -0.2) is 8.78 Å². The van der Waals surface area contributed by atoms with Crippen LogP contribution in [0.1, 0.15) is 17.4 Å². The molecule has 1 atom stereocenters. The summed E-state index contributed by atoms with van der Waals surface area (Å²) in [6, 6.07) is 7.76. The van der Waals surface area contributed by atoms with E-state index in [1.54, 1.807) is 0 Å². The topological polar surface area (TPSA) is 12.0 Å². The third-order valence-corrected chi connectivity index (χ3v) is 4.33. The minimum absolute atomic E-state index is 0.0129. The summed E-state index contributed by atoms with van der Waals surface area (Å²) in [5, 5.41) is 3.27. The fraction of sp³-hybridized carbons (Fsp3) is 0.333. The van der Waals surface area contributed by atoms with Gasteiger partial charge in [0.15, 0.2) is 0 Å². The summed E-state index contributed by atoms with van der Waals surface area (Å²) in [6.07, 6.45) is 1.03. The fourth-order valence-electron chi connectivity index (χ4n) is 2.18. The lowest BCUT2D eigenvalue weighted by atomic mass is 10.0. The van der Waals surface area contributed by atoms with Crippen molar-refractivity contribution >= 4 is 22.9 Å². The Morgan fingerprint density at radius 2 is 1.85 bits per heavy atom. The van der Waals surface area contributed by atoms with Crippen molar-refractivity contribution in [3.63, 3.8) is 0 Å². The molecule has 0 aliphatic carbocycles. The molecule has 20 heavy (non-hydrogen) atoms. The maximum Gasteiger partial charge on any atom is 0.129 e. The Labute approximate surface area is 126 Å². The van der Waals surface area contributed by atoms with Gasteiger partial charge < -0.3 is 5.32 Å². The lowest BCUT2D eigenvalue weighted by Crippen LogP contribution is -2.33. The second-order valence-electron chi connectivity index (χ2n) is 4.57. The number of hydrogen-bond donors (Lipinski definition) is 1. The van der Waals surface area contributed by atoms with Crippen molar-refractivity contribution < 1.29 is 8.78 Å². The third kappa shape index (κ3) is 4.01. The van der Waals surface area contributed by atoms with E-state index < -0.39 is 11.6 Å². The molecule has 1 aromatic heterocycles. The summed E-state index contributed by atoms with van der Waals surface area (Å²) < 4.78 is 28.1. The minimum Gasteiger partial charge on any atom is -0.314 e. The Morgan fingerprint density at radius 1 is 1.15 bits per heavy atom. The van der Waals surface area contributed by atoms with E-state index in [2.05, 4.69) is 5.32 Å². The van der Waals surface area contributed by atoms with Gasteiger partial charge in [0.25, 0.3) is 0 Å². The zero-order valence-electron chi connectivity index (χ0n) is 11.1. The van der Waals surface area contributed by atoms with E-state index in [1.807, 2.05) is 19.1 Å². The molecule has 0 saturated carbocycles. The quantitative estimate of drug-likeness (QED) is 0.831. The Hall–Kier alpha value is -0.970. The second kappa shape index (κ2) is 7.16. The molecular weight excluding hydrogens is 300 g/mol. The molecule has 0 fully saturated rings. The summed E-state index contributed by atoms with van der Waals surface area (Å²) in [6.45, 7) is 2.73. The predicted molar refractivity (Wildman–Crippen MR) is 80.6 cm³/mol. The fourth-order valence-corrected chi connectivity index (χ4v) is 3.35. The van der Waals surface area contributed by atoms with Gasteiger partial charge in [-0.3, -0.25) is 0 Å². The van der Waals surface area contributed by atoms with Crippen LogP contribution in [0.15, 0.2) is 30.3 Å². The zero-order chi connectivity index (χ0) is 14.5. The molecule has 0 spiro atoms. The van der Waals surface area contributed by atoms with E-state index in [0.29, 0.717) is 12.8 Å². The van der Waals surface area contributed by atoms with Crippen molar-refractivity contribution in [2.45, 2.75) is 25.8 Å². The van der Waals surface area contributed by atoms with E-state index in [9.17, 15) is 8.78 Å². The molecule has 2 aromatic rings. The monoisotopic (exact) mass is 315 g/mol. The second-order valence-corrected chi connectivity index (χ2v) is 6.37. The maximum atomic E-state index is 13.7. The molecule has 5 heteroatoms. The minimum atomic E-state index is -0.489.